The number of ether oxygens (including phenoxy) is 2. The summed E-state index contributed by atoms with van der Waals surface area (Å²) in [7, 11) is 0. The number of benzene rings is 2. The Labute approximate surface area is 277 Å². The topological polar surface area (TPSA) is 157 Å². The first-order chi connectivity index (χ1) is 21.8. The highest BCUT2D eigenvalue weighted by atomic mass is 16.6. The maximum absolute atomic E-state index is 14.5. The van der Waals surface area contributed by atoms with Crippen LogP contribution in [0.15, 0.2) is 54.6 Å². The van der Waals surface area contributed by atoms with E-state index in [0.717, 1.165) is 11.1 Å². The minimum absolute atomic E-state index is 0.0587. The average Bonchev–Trinajstić information content (AvgIpc) is 3.67. The zero-order valence-electron chi connectivity index (χ0n) is 28.8. The number of rotatable bonds is 13. The van der Waals surface area contributed by atoms with Gasteiger partial charge in [0, 0.05) is 18.9 Å². The molecule has 11 heteroatoms. The molecule has 0 saturated heterocycles. The van der Waals surface area contributed by atoms with Gasteiger partial charge in [0.25, 0.3) is 0 Å². The molecule has 4 amide bonds. The largest absolute Gasteiger partial charge is 0.458 e. The van der Waals surface area contributed by atoms with Crippen molar-refractivity contribution in [2.75, 3.05) is 0 Å². The Bertz CT molecular complexity index is 1430. The number of nitrogens with one attached hydrogen (secondary N) is 2. The molecule has 0 radical (unpaired) electrons. The molecular formula is C36H50N4O7. The quantitative estimate of drug-likeness (QED) is 0.270. The molecule has 47 heavy (non-hydrogen) atoms. The number of carbonyl (C=O) groups excluding carboxylic acids is 5. The Morgan fingerprint density at radius 2 is 1.51 bits per heavy atom. The van der Waals surface area contributed by atoms with Crippen molar-refractivity contribution in [1.82, 2.24) is 15.5 Å². The third-order valence-corrected chi connectivity index (χ3v) is 7.52. The van der Waals surface area contributed by atoms with E-state index in [1.54, 1.807) is 53.7 Å². The monoisotopic (exact) mass is 650 g/mol. The van der Waals surface area contributed by atoms with E-state index in [0.29, 0.717) is 12.0 Å². The standard InChI is InChI=1S/C36H50N4O7/c1-22-13-12-16-25(19-22)30(31(42)38-27(33(44)46-35(3,4)5)21-24-14-10-9-11-15-24)40(28-20-23(28)2)32(43)26(17-18-29(37)41)39-34(45)47-36(6,7)8/h9-16,19,23,26-28,30H,17-18,20-21H2,1-8H3,(H2,37,41)(H,38,42)(H,39,45). The molecule has 1 aliphatic carbocycles. The van der Waals surface area contributed by atoms with Crippen LogP contribution >= 0.6 is 0 Å². The number of alkyl carbamates (subject to hydrolysis) is 1. The van der Waals surface area contributed by atoms with Gasteiger partial charge in [0.2, 0.25) is 17.7 Å². The number of hydrogen-bond donors (Lipinski definition) is 3. The van der Waals surface area contributed by atoms with E-state index in [9.17, 15) is 24.0 Å². The molecule has 0 spiro atoms. The van der Waals surface area contributed by atoms with Gasteiger partial charge in [-0.25, -0.2) is 9.59 Å². The normalized spacial score (nSPS) is 17.8. The molecule has 1 fully saturated rings. The highest BCUT2D eigenvalue weighted by molar-refractivity contribution is 5.94. The number of nitrogens with two attached hydrogens (primary N) is 1. The zero-order chi connectivity index (χ0) is 35.1. The van der Waals surface area contributed by atoms with Crippen molar-refractivity contribution in [2.24, 2.45) is 11.7 Å². The van der Waals surface area contributed by atoms with Gasteiger partial charge in [0.15, 0.2) is 0 Å². The summed E-state index contributed by atoms with van der Waals surface area (Å²) >= 11 is 0. The number of hydrogen-bond acceptors (Lipinski definition) is 7. The Balaban J connectivity index is 2.07. The summed E-state index contributed by atoms with van der Waals surface area (Å²) in [4.78, 5) is 68.6. The molecule has 2 aromatic rings. The van der Waals surface area contributed by atoms with Crippen LogP contribution in [0.4, 0.5) is 4.79 Å². The van der Waals surface area contributed by atoms with Crippen LogP contribution in [0.25, 0.3) is 0 Å². The second-order valence-corrected chi connectivity index (χ2v) is 14.3. The second kappa shape index (κ2) is 15.5. The average molecular weight is 651 g/mol. The first-order valence-corrected chi connectivity index (χ1v) is 16.1. The lowest BCUT2D eigenvalue weighted by molar-refractivity contribution is -0.159. The molecule has 1 saturated carbocycles. The van der Waals surface area contributed by atoms with Gasteiger partial charge in [-0.3, -0.25) is 14.4 Å². The summed E-state index contributed by atoms with van der Waals surface area (Å²) in [6, 6.07) is 12.7. The van der Waals surface area contributed by atoms with Crippen LogP contribution in [0, 0.1) is 12.8 Å². The van der Waals surface area contributed by atoms with Crippen LogP contribution in [-0.4, -0.2) is 64.0 Å². The van der Waals surface area contributed by atoms with Crippen molar-refractivity contribution < 1.29 is 33.4 Å². The fraction of sp³-hybridized carbons (Fsp3) is 0.528. The third kappa shape index (κ3) is 11.7. The predicted molar refractivity (Wildman–Crippen MR) is 178 cm³/mol. The van der Waals surface area contributed by atoms with Crippen LogP contribution in [0.3, 0.4) is 0 Å². The molecule has 0 aliphatic heterocycles. The van der Waals surface area contributed by atoms with Crippen LogP contribution in [0.2, 0.25) is 0 Å². The summed E-state index contributed by atoms with van der Waals surface area (Å²) < 4.78 is 11.1. The molecule has 0 aromatic heterocycles. The van der Waals surface area contributed by atoms with Crippen molar-refractivity contribution in [2.45, 2.75) is 116 Å². The Morgan fingerprint density at radius 3 is 2.04 bits per heavy atom. The predicted octanol–water partition coefficient (Wildman–Crippen LogP) is 4.50. The minimum atomic E-state index is -1.21. The van der Waals surface area contributed by atoms with Crippen molar-refractivity contribution >= 4 is 29.8 Å². The summed E-state index contributed by atoms with van der Waals surface area (Å²) in [6.45, 7) is 14.2. The summed E-state index contributed by atoms with van der Waals surface area (Å²) in [5, 5.41) is 5.52. The van der Waals surface area contributed by atoms with Gasteiger partial charge in [-0.2, -0.15) is 0 Å². The van der Waals surface area contributed by atoms with Gasteiger partial charge in [-0.1, -0.05) is 67.1 Å². The number of aryl methyl sites for hydroxylation is 1. The summed E-state index contributed by atoms with van der Waals surface area (Å²) in [5.41, 5.74) is 5.99. The van der Waals surface area contributed by atoms with Gasteiger partial charge in [0.1, 0.15) is 29.3 Å². The molecule has 0 heterocycles. The van der Waals surface area contributed by atoms with Gasteiger partial charge < -0.3 is 30.7 Å². The van der Waals surface area contributed by atoms with Crippen molar-refractivity contribution in [1.29, 1.82) is 0 Å². The highest BCUT2D eigenvalue weighted by Gasteiger charge is 2.48. The van der Waals surface area contributed by atoms with Crippen molar-refractivity contribution in [3.63, 3.8) is 0 Å². The van der Waals surface area contributed by atoms with E-state index < -0.39 is 59.1 Å². The second-order valence-electron chi connectivity index (χ2n) is 14.3. The number of primary amides is 1. The van der Waals surface area contributed by atoms with Gasteiger partial charge in [-0.05, 0) is 78.4 Å². The van der Waals surface area contributed by atoms with Crippen LogP contribution in [-0.2, 0) is 35.1 Å². The van der Waals surface area contributed by atoms with E-state index in [2.05, 4.69) is 10.6 Å². The fourth-order valence-electron chi connectivity index (χ4n) is 5.29. The summed E-state index contributed by atoms with van der Waals surface area (Å²) in [5.74, 6) is -2.34. The van der Waals surface area contributed by atoms with E-state index in [1.165, 1.54) is 4.90 Å². The van der Waals surface area contributed by atoms with Crippen LogP contribution < -0.4 is 16.4 Å². The number of amides is 4. The van der Waals surface area contributed by atoms with Gasteiger partial charge in [0.05, 0.1) is 0 Å². The lowest BCUT2D eigenvalue weighted by Gasteiger charge is -2.36. The molecule has 5 atom stereocenters. The molecule has 256 valence electrons. The summed E-state index contributed by atoms with van der Waals surface area (Å²) in [6.07, 6.45) is -0.331. The molecule has 2 aromatic carbocycles. The molecule has 0 bridgehead atoms. The van der Waals surface area contributed by atoms with E-state index in [-0.39, 0.29) is 31.2 Å². The SMILES string of the molecule is Cc1cccc(C(C(=O)NC(Cc2ccccc2)C(=O)OC(C)(C)C)N(C(=O)C(CCC(N)=O)NC(=O)OC(C)(C)C)C2CC2C)c1. The van der Waals surface area contributed by atoms with Crippen molar-refractivity contribution in [3.8, 4) is 0 Å². The zero-order valence-corrected chi connectivity index (χ0v) is 28.8. The Kier molecular flexibility index (Phi) is 12.2. The molecule has 4 N–H and O–H groups in total. The minimum Gasteiger partial charge on any atom is -0.458 e. The number of carbonyl (C=O) groups is 5. The maximum atomic E-state index is 14.5. The Hall–Kier alpha value is -4.41. The Morgan fingerprint density at radius 1 is 0.894 bits per heavy atom. The smallest absolute Gasteiger partial charge is 0.408 e. The van der Waals surface area contributed by atoms with Gasteiger partial charge >= 0.3 is 12.1 Å². The first-order valence-electron chi connectivity index (χ1n) is 16.1. The highest BCUT2D eigenvalue weighted by Crippen LogP contribution is 2.41. The van der Waals surface area contributed by atoms with Crippen LogP contribution in [0.1, 0.15) is 90.5 Å². The maximum Gasteiger partial charge on any atom is 0.408 e. The van der Waals surface area contributed by atoms with E-state index in [4.69, 9.17) is 15.2 Å². The molecule has 1 aliphatic rings. The van der Waals surface area contributed by atoms with Crippen molar-refractivity contribution in [3.05, 3.63) is 71.3 Å². The number of esters is 1. The van der Waals surface area contributed by atoms with E-state index in [1.807, 2.05) is 56.3 Å². The molecule has 11 nitrogen and oxygen atoms in total. The van der Waals surface area contributed by atoms with Crippen LogP contribution in [0.5, 0.6) is 0 Å². The van der Waals surface area contributed by atoms with E-state index >= 15 is 0 Å². The third-order valence-electron chi connectivity index (χ3n) is 7.52. The molecule has 5 unspecified atom stereocenters. The number of nitrogens with zero attached hydrogens (tertiary/aromatic N) is 1. The lowest BCUT2D eigenvalue weighted by Crippen LogP contribution is -2.56. The molecule has 3 rings (SSSR count). The lowest BCUT2D eigenvalue weighted by atomic mass is 9.98. The molecular weight excluding hydrogens is 600 g/mol. The van der Waals surface area contributed by atoms with Gasteiger partial charge in [-0.15, -0.1) is 0 Å². The first kappa shape index (κ1) is 37.1. The fourth-order valence-corrected chi connectivity index (χ4v) is 5.29.